The largest absolute Gasteiger partial charge is 0.488 e. The first-order valence-electron chi connectivity index (χ1n) is 10.2. The molecule has 0 bridgehead atoms. The number of para-hydroxylation sites is 1. The Bertz CT molecular complexity index is 1310. The topological polar surface area (TPSA) is 98.4 Å². The Morgan fingerprint density at radius 3 is 2.53 bits per heavy atom. The maximum atomic E-state index is 12.9. The average molecular weight is 449 g/mol. The Hall–Kier alpha value is -3.56. The molecule has 162 valence electrons. The quantitative estimate of drug-likeness (QED) is 0.444. The van der Waals surface area contributed by atoms with E-state index in [-0.39, 0.29) is 17.5 Å². The summed E-state index contributed by atoms with van der Waals surface area (Å²) in [5.41, 5.74) is 1.45. The summed E-state index contributed by atoms with van der Waals surface area (Å²) in [6.07, 6.45) is 3.64. The van der Waals surface area contributed by atoms with E-state index < -0.39 is 10.0 Å². The van der Waals surface area contributed by atoms with E-state index in [0.29, 0.717) is 36.0 Å². The van der Waals surface area contributed by atoms with Gasteiger partial charge in [0.1, 0.15) is 11.9 Å². The first-order valence-corrected chi connectivity index (χ1v) is 11.6. The lowest BCUT2D eigenvalue weighted by Crippen LogP contribution is -2.31. The van der Waals surface area contributed by atoms with Gasteiger partial charge in [-0.3, -0.25) is 4.98 Å². The van der Waals surface area contributed by atoms with Crippen LogP contribution in [0.1, 0.15) is 6.42 Å². The number of hydrogen-bond donors (Lipinski definition) is 0. The molecule has 9 heteroatoms. The van der Waals surface area contributed by atoms with Crippen LogP contribution in [0.15, 0.2) is 88.5 Å². The van der Waals surface area contributed by atoms with E-state index in [9.17, 15) is 8.42 Å². The van der Waals surface area contributed by atoms with Crippen LogP contribution >= 0.6 is 0 Å². The normalized spacial score (nSPS) is 16.8. The van der Waals surface area contributed by atoms with Crippen LogP contribution in [0.25, 0.3) is 22.8 Å². The zero-order valence-electron chi connectivity index (χ0n) is 17.0. The second-order valence-electron chi connectivity index (χ2n) is 7.36. The second-order valence-corrected chi connectivity index (χ2v) is 9.30. The summed E-state index contributed by atoms with van der Waals surface area (Å²) in [4.78, 5) is 8.77. The van der Waals surface area contributed by atoms with Gasteiger partial charge in [0.15, 0.2) is 0 Å². The maximum absolute atomic E-state index is 12.9. The number of sulfonamides is 1. The van der Waals surface area contributed by atoms with Crippen molar-refractivity contribution < 1.29 is 17.7 Å². The number of pyridine rings is 1. The summed E-state index contributed by atoms with van der Waals surface area (Å²) in [6, 6.07) is 19.4. The number of rotatable bonds is 6. The van der Waals surface area contributed by atoms with Crippen molar-refractivity contribution in [2.75, 3.05) is 13.1 Å². The monoisotopic (exact) mass is 448 g/mol. The van der Waals surface area contributed by atoms with E-state index in [0.717, 1.165) is 5.56 Å². The number of aromatic nitrogens is 3. The third kappa shape index (κ3) is 4.00. The van der Waals surface area contributed by atoms with Crippen LogP contribution in [0.4, 0.5) is 0 Å². The smallest absolute Gasteiger partial charge is 0.262 e. The molecule has 1 saturated heterocycles. The molecule has 8 nitrogen and oxygen atoms in total. The highest BCUT2D eigenvalue weighted by Gasteiger charge is 2.34. The lowest BCUT2D eigenvalue weighted by Gasteiger charge is -2.18. The van der Waals surface area contributed by atoms with E-state index >= 15 is 0 Å². The van der Waals surface area contributed by atoms with E-state index in [2.05, 4.69) is 15.1 Å². The summed E-state index contributed by atoms with van der Waals surface area (Å²) >= 11 is 0. The summed E-state index contributed by atoms with van der Waals surface area (Å²) in [5, 5.41) is 4.06. The van der Waals surface area contributed by atoms with Crippen molar-refractivity contribution in [3.63, 3.8) is 0 Å². The zero-order valence-corrected chi connectivity index (χ0v) is 17.9. The summed E-state index contributed by atoms with van der Waals surface area (Å²) < 4.78 is 38.9. The Kier molecular flexibility index (Phi) is 5.42. The van der Waals surface area contributed by atoms with Crippen LogP contribution in [-0.2, 0) is 10.0 Å². The van der Waals surface area contributed by atoms with Gasteiger partial charge in [-0.25, -0.2) is 8.42 Å². The molecule has 1 atom stereocenters. The molecule has 5 rings (SSSR count). The van der Waals surface area contributed by atoms with Crippen molar-refractivity contribution >= 4 is 10.0 Å². The van der Waals surface area contributed by atoms with Crippen LogP contribution in [0.3, 0.4) is 0 Å². The molecule has 4 aromatic rings. The van der Waals surface area contributed by atoms with Crippen LogP contribution in [0, 0.1) is 0 Å². The van der Waals surface area contributed by atoms with E-state index in [1.54, 1.807) is 54.9 Å². The predicted octanol–water partition coefficient (Wildman–Crippen LogP) is 3.64. The van der Waals surface area contributed by atoms with Gasteiger partial charge in [-0.05, 0) is 42.8 Å². The van der Waals surface area contributed by atoms with Crippen molar-refractivity contribution in [2.45, 2.75) is 17.4 Å². The van der Waals surface area contributed by atoms with E-state index in [4.69, 9.17) is 9.26 Å². The molecule has 0 aliphatic carbocycles. The van der Waals surface area contributed by atoms with Crippen molar-refractivity contribution in [1.29, 1.82) is 0 Å². The average Bonchev–Trinajstić information content (AvgIpc) is 3.51. The molecular weight excluding hydrogens is 428 g/mol. The molecule has 1 aliphatic heterocycles. The third-order valence-electron chi connectivity index (χ3n) is 5.26. The first-order chi connectivity index (χ1) is 15.6. The molecule has 2 aromatic heterocycles. The minimum atomic E-state index is -3.55. The summed E-state index contributed by atoms with van der Waals surface area (Å²) in [6.45, 7) is 0.675. The van der Waals surface area contributed by atoms with Crippen molar-refractivity contribution in [1.82, 2.24) is 19.4 Å². The number of benzene rings is 2. The lowest BCUT2D eigenvalue weighted by atomic mass is 10.2. The minimum absolute atomic E-state index is 0.275. The standard InChI is InChI=1S/C23H20N4O4S/c28-32(29,19-6-2-1-3-7-19)27-15-12-18(16-27)30-21-9-5-4-8-20(21)23-25-22(26-31-23)17-10-13-24-14-11-17/h1-11,13-14,18H,12,15-16H2. The van der Waals surface area contributed by atoms with E-state index in [1.807, 2.05) is 24.3 Å². The summed E-state index contributed by atoms with van der Waals surface area (Å²) in [7, 11) is -3.55. The van der Waals surface area contributed by atoms with Gasteiger partial charge in [-0.1, -0.05) is 35.5 Å². The molecule has 0 amide bonds. The molecule has 2 aromatic carbocycles. The van der Waals surface area contributed by atoms with Gasteiger partial charge in [0.2, 0.25) is 15.8 Å². The molecule has 0 spiro atoms. The molecule has 0 N–H and O–H groups in total. The van der Waals surface area contributed by atoms with Gasteiger partial charge in [0, 0.05) is 24.5 Å². The van der Waals surface area contributed by atoms with Crippen LogP contribution in [0.2, 0.25) is 0 Å². The fourth-order valence-corrected chi connectivity index (χ4v) is 5.14. The highest BCUT2D eigenvalue weighted by molar-refractivity contribution is 7.89. The molecule has 1 fully saturated rings. The van der Waals surface area contributed by atoms with Gasteiger partial charge in [0.05, 0.1) is 17.0 Å². The van der Waals surface area contributed by atoms with Gasteiger partial charge in [-0.15, -0.1) is 0 Å². The Labute approximate surface area is 185 Å². The molecular formula is C23H20N4O4S. The highest BCUT2D eigenvalue weighted by Crippen LogP contribution is 2.32. The lowest BCUT2D eigenvalue weighted by molar-refractivity contribution is 0.216. The van der Waals surface area contributed by atoms with Gasteiger partial charge in [-0.2, -0.15) is 9.29 Å². The molecule has 1 unspecified atom stereocenters. The molecule has 0 saturated carbocycles. The summed E-state index contributed by atoms with van der Waals surface area (Å²) in [5.74, 6) is 1.36. The van der Waals surface area contributed by atoms with Crippen LogP contribution in [0.5, 0.6) is 5.75 Å². The maximum Gasteiger partial charge on any atom is 0.262 e. The number of hydrogen-bond acceptors (Lipinski definition) is 7. The van der Waals surface area contributed by atoms with Crippen LogP contribution in [-0.4, -0.2) is 47.0 Å². The highest BCUT2D eigenvalue weighted by atomic mass is 32.2. The molecule has 0 radical (unpaired) electrons. The zero-order chi connectivity index (χ0) is 22.0. The van der Waals surface area contributed by atoms with Crippen molar-refractivity contribution in [2.24, 2.45) is 0 Å². The Balaban J connectivity index is 1.34. The van der Waals surface area contributed by atoms with Gasteiger partial charge < -0.3 is 9.26 Å². The minimum Gasteiger partial charge on any atom is -0.488 e. The van der Waals surface area contributed by atoms with Gasteiger partial charge in [0.25, 0.3) is 5.89 Å². The molecule has 1 aliphatic rings. The predicted molar refractivity (Wildman–Crippen MR) is 117 cm³/mol. The fraction of sp³-hybridized carbons (Fsp3) is 0.174. The Morgan fingerprint density at radius 1 is 0.969 bits per heavy atom. The van der Waals surface area contributed by atoms with Crippen molar-refractivity contribution in [3.05, 3.63) is 79.1 Å². The third-order valence-corrected chi connectivity index (χ3v) is 7.14. The van der Waals surface area contributed by atoms with Crippen LogP contribution < -0.4 is 4.74 Å². The fourth-order valence-electron chi connectivity index (χ4n) is 3.63. The molecule has 32 heavy (non-hydrogen) atoms. The second kappa shape index (κ2) is 8.52. The van der Waals surface area contributed by atoms with E-state index in [1.165, 1.54) is 4.31 Å². The SMILES string of the molecule is O=S(=O)(c1ccccc1)N1CCC(Oc2ccccc2-c2nc(-c3ccncc3)no2)C1. The number of ether oxygens (including phenoxy) is 1. The molecule has 3 heterocycles. The first kappa shape index (κ1) is 20.3. The Morgan fingerprint density at radius 2 is 1.72 bits per heavy atom. The number of nitrogens with zero attached hydrogens (tertiary/aromatic N) is 4. The van der Waals surface area contributed by atoms with Gasteiger partial charge >= 0.3 is 0 Å². The van der Waals surface area contributed by atoms with Crippen molar-refractivity contribution in [3.8, 4) is 28.6 Å².